The number of para-hydroxylation sites is 1. The number of nitrogens with zero attached hydrogens (tertiary/aromatic N) is 6. The molecule has 3 heterocycles. The van der Waals surface area contributed by atoms with E-state index in [9.17, 15) is 4.79 Å². The number of aromatic nitrogens is 6. The third kappa shape index (κ3) is 3.82. The van der Waals surface area contributed by atoms with Crippen LogP contribution >= 0.6 is 0 Å². The van der Waals surface area contributed by atoms with E-state index >= 15 is 0 Å². The molecular weight excluding hydrogens is 390 g/mol. The fourth-order valence-corrected chi connectivity index (χ4v) is 3.12. The lowest BCUT2D eigenvalue weighted by atomic mass is 10.2. The van der Waals surface area contributed by atoms with Crippen molar-refractivity contribution in [1.29, 1.82) is 0 Å². The zero-order valence-electron chi connectivity index (χ0n) is 16.3. The van der Waals surface area contributed by atoms with Crippen LogP contribution in [0.5, 0.6) is 0 Å². The summed E-state index contributed by atoms with van der Waals surface area (Å²) < 4.78 is 3.31. The number of carbonyl (C=O) groups excluding carboxylic acids is 1. The van der Waals surface area contributed by atoms with Crippen LogP contribution in [0.3, 0.4) is 0 Å². The van der Waals surface area contributed by atoms with Crippen LogP contribution in [0.25, 0.3) is 22.9 Å². The van der Waals surface area contributed by atoms with E-state index in [0.717, 1.165) is 11.3 Å². The number of pyridine rings is 1. The number of benzene rings is 2. The Morgan fingerprint density at radius 2 is 1.65 bits per heavy atom. The first-order valence-electron chi connectivity index (χ1n) is 9.63. The van der Waals surface area contributed by atoms with Gasteiger partial charge in [-0.25, -0.2) is 19.3 Å². The third-order valence-electron chi connectivity index (χ3n) is 4.59. The normalized spacial score (nSPS) is 10.7. The second kappa shape index (κ2) is 8.03. The maximum absolute atomic E-state index is 12.9. The zero-order chi connectivity index (χ0) is 21.0. The molecule has 0 aliphatic carbocycles. The molecule has 5 aromatic rings. The average Bonchev–Trinajstić information content (AvgIpc) is 3.52. The summed E-state index contributed by atoms with van der Waals surface area (Å²) in [6.45, 7) is 0. The summed E-state index contributed by atoms with van der Waals surface area (Å²) in [5.74, 6) is 0.893. The third-order valence-corrected chi connectivity index (χ3v) is 4.59. The molecule has 5 rings (SSSR count). The van der Waals surface area contributed by atoms with Crippen molar-refractivity contribution in [2.24, 2.45) is 0 Å². The first-order chi connectivity index (χ1) is 15.3. The predicted molar refractivity (Wildman–Crippen MR) is 116 cm³/mol. The van der Waals surface area contributed by atoms with E-state index in [1.54, 1.807) is 40.1 Å². The first kappa shape index (κ1) is 18.4. The van der Waals surface area contributed by atoms with Gasteiger partial charge in [0.1, 0.15) is 0 Å². The van der Waals surface area contributed by atoms with Gasteiger partial charge in [0.15, 0.2) is 11.6 Å². The van der Waals surface area contributed by atoms with Gasteiger partial charge in [-0.05, 0) is 30.3 Å². The molecule has 0 fully saturated rings. The zero-order valence-corrected chi connectivity index (χ0v) is 16.3. The average molecular weight is 407 g/mol. The van der Waals surface area contributed by atoms with Gasteiger partial charge in [-0.15, -0.1) is 5.10 Å². The molecular formula is C23H17N7O. The first-order valence-corrected chi connectivity index (χ1v) is 9.63. The van der Waals surface area contributed by atoms with E-state index in [1.807, 2.05) is 66.7 Å². The second-order valence-electron chi connectivity index (χ2n) is 6.68. The minimum atomic E-state index is -0.416. The number of hydrogen-bond acceptors (Lipinski definition) is 5. The van der Waals surface area contributed by atoms with Crippen molar-refractivity contribution in [3.05, 3.63) is 103 Å². The molecule has 0 saturated heterocycles. The molecule has 3 aromatic heterocycles. The van der Waals surface area contributed by atoms with Gasteiger partial charge in [0.25, 0.3) is 5.91 Å². The fraction of sp³-hybridized carbons (Fsp3) is 0. The fourth-order valence-electron chi connectivity index (χ4n) is 3.12. The highest BCUT2D eigenvalue weighted by Gasteiger charge is 2.19. The van der Waals surface area contributed by atoms with E-state index < -0.39 is 5.91 Å². The smallest absolute Gasteiger partial charge is 0.295 e. The SMILES string of the molecule is O=C(Nc1ccc(-n2cccn2)nc1)c1nc(-c2ccccc2)n(-c2ccccc2)n1. The number of rotatable bonds is 5. The van der Waals surface area contributed by atoms with Crippen molar-refractivity contribution in [2.45, 2.75) is 0 Å². The van der Waals surface area contributed by atoms with Crippen LogP contribution in [0.4, 0.5) is 5.69 Å². The van der Waals surface area contributed by atoms with Gasteiger partial charge in [-0.1, -0.05) is 48.5 Å². The summed E-state index contributed by atoms with van der Waals surface area (Å²) in [6, 6.07) is 24.6. The Kier molecular flexibility index (Phi) is 4.78. The highest BCUT2D eigenvalue weighted by Crippen LogP contribution is 2.21. The van der Waals surface area contributed by atoms with Crippen molar-refractivity contribution < 1.29 is 4.79 Å². The Bertz CT molecular complexity index is 1240. The second-order valence-corrected chi connectivity index (χ2v) is 6.68. The molecule has 0 aliphatic heterocycles. The highest BCUT2D eigenvalue weighted by molar-refractivity contribution is 6.01. The van der Waals surface area contributed by atoms with Gasteiger partial charge in [0.05, 0.1) is 17.6 Å². The summed E-state index contributed by atoms with van der Waals surface area (Å²) >= 11 is 0. The summed E-state index contributed by atoms with van der Waals surface area (Å²) in [4.78, 5) is 21.7. The van der Waals surface area contributed by atoms with Crippen molar-refractivity contribution in [3.8, 4) is 22.9 Å². The quantitative estimate of drug-likeness (QED) is 0.479. The van der Waals surface area contributed by atoms with Crippen LogP contribution in [-0.2, 0) is 0 Å². The lowest BCUT2D eigenvalue weighted by Gasteiger charge is -2.05. The molecule has 0 spiro atoms. The lowest BCUT2D eigenvalue weighted by molar-refractivity contribution is 0.101. The Labute approximate surface area is 177 Å². The molecule has 150 valence electrons. The lowest BCUT2D eigenvalue weighted by Crippen LogP contribution is -2.14. The molecule has 2 aromatic carbocycles. The highest BCUT2D eigenvalue weighted by atomic mass is 16.2. The molecule has 0 atom stereocenters. The van der Waals surface area contributed by atoms with Gasteiger partial charge in [-0.2, -0.15) is 5.10 Å². The van der Waals surface area contributed by atoms with E-state index in [0.29, 0.717) is 17.3 Å². The van der Waals surface area contributed by atoms with Crippen LogP contribution < -0.4 is 5.32 Å². The standard InChI is InChI=1S/C23H17N7O/c31-23(26-18-12-13-20(24-16-18)29-15-7-14-25-29)21-27-22(17-8-3-1-4-9-17)30(28-21)19-10-5-2-6-11-19/h1-16H,(H,26,31). The topological polar surface area (TPSA) is 90.5 Å². The van der Waals surface area contributed by atoms with E-state index in [2.05, 4.69) is 25.5 Å². The minimum absolute atomic E-state index is 0.0684. The minimum Gasteiger partial charge on any atom is -0.318 e. The van der Waals surface area contributed by atoms with Gasteiger partial charge < -0.3 is 5.32 Å². The number of anilines is 1. The van der Waals surface area contributed by atoms with Gasteiger partial charge in [0, 0.05) is 18.0 Å². The predicted octanol–water partition coefficient (Wildman–Crippen LogP) is 3.77. The largest absolute Gasteiger partial charge is 0.318 e. The number of carbonyl (C=O) groups is 1. The molecule has 1 amide bonds. The molecule has 0 aliphatic rings. The summed E-state index contributed by atoms with van der Waals surface area (Å²) in [5, 5.41) is 11.4. The van der Waals surface area contributed by atoms with Crippen LogP contribution in [0.1, 0.15) is 10.6 Å². The van der Waals surface area contributed by atoms with Gasteiger partial charge in [0.2, 0.25) is 5.82 Å². The Morgan fingerprint density at radius 3 is 2.32 bits per heavy atom. The Balaban J connectivity index is 1.44. The summed E-state index contributed by atoms with van der Waals surface area (Å²) in [7, 11) is 0. The van der Waals surface area contributed by atoms with Crippen LogP contribution in [-0.4, -0.2) is 35.4 Å². The maximum Gasteiger partial charge on any atom is 0.295 e. The van der Waals surface area contributed by atoms with E-state index in [-0.39, 0.29) is 5.82 Å². The van der Waals surface area contributed by atoms with Gasteiger partial charge in [-0.3, -0.25) is 4.79 Å². The number of amides is 1. The molecule has 0 radical (unpaired) electrons. The molecule has 8 nitrogen and oxygen atoms in total. The Morgan fingerprint density at radius 1 is 0.871 bits per heavy atom. The van der Waals surface area contributed by atoms with Crippen molar-refractivity contribution >= 4 is 11.6 Å². The van der Waals surface area contributed by atoms with Crippen molar-refractivity contribution in [3.63, 3.8) is 0 Å². The summed E-state index contributed by atoms with van der Waals surface area (Å²) in [6.07, 6.45) is 5.05. The van der Waals surface area contributed by atoms with Crippen molar-refractivity contribution in [2.75, 3.05) is 5.32 Å². The van der Waals surface area contributed by atoms with E-state index in [1.165, 1.54) is 0 Å². The van der Waals surface area contributed by atoms with Gasteiger partial charge >= 0.3 is 0 Å². The molecule has 0 unspecified atom stereocenters. The molecule has 31 heavy (non-hydrogen) atoms. The maximum atomic E-state index is 12.9. The van der Waals surface area contributed by atoms with Crippen LogP contribution in [0, 0.1) is 0 Å². The Hall–Kier alpha value is -4.59. The van der Waals surface area contributed by atoms with Crippen LogP contribution in [0.15, 0.2) is 97.5 Å². The van der Waals surface area contributed by atoms with Crippen LogP contribution in [0.2, 0.25) is 0 Å². The van der Waals surface area contributed by atoms with E-state index in [4.69, 9.17) is 0 Å². The molecule has 0 bridgehead atoms. The number of hydrogen-bond donors (Lipinski definition) is 1. The van der Waals surface area contributed by atoms with Crippen molar-refractivity contribution in [1.82, 2.24) is 29.5 Å². The molecule has 0 saturated carbocycles. The summed E-state index contributed by atoms with van der Waals surface area (Å²) in [5.41, 5.74) is 2.22. The number of nitrogens with one attached hydrogen (secondary N) is 1. The molecule has 8 heteroatoms. The monoisotopic (exact) mass is 407 g/mol. The molecule has 1 N–H and O–H groups in total.